The third-order valence-electron chi connectivity index (χ3n) is 3.04. The summed E-state index contributed by atoms with van der Waals surface area (Å²) in [5.74, 6) is -0.133. The Hall–Kier alpha value is -2.32. The number of hydrogen-bond donors (Lipinski definition) is 0. The molecule has 5 nitrogen and oxygen atoms in total. The Kier molecular flexibility index (Phi) is 4.06. The molecule has 1 aromatic rings. The van der Waals surface area contributed by atoms with Crippen molar-refractivity contribution in [1.29, 1.82) is 5.26 Å². The molecule has 1 atom stereocenters. The highest BCUT2D eigenvalue weighted by Gasteiger charge is 2.36. The van der Waals surface area contributed by atoms with Crippen LogP contribution in [0.3, 0.4) is 0 Å². The van der Waals surface area contributed by atoms with E-state index in [9.17, 15) is 4.79 Å². The lowest BCUT2D eigenvalue weighted by Gasteiger charge is -2.14. The second-order valence-corrected chi connectivity index (χ2v) is 4.37. The van der Waals surface area contributed by atoms with E-state index < -0.39 is 12.1 Å². The normalized spacial score (nSPS) is 16.9. The van der Waals surface area contributed by atoms with Crippen LogP contribution in [0.1, 0.15) is 40.1 Å². The number of fused-ring (bicyclic) bond motifs is 1. The molecule has 0 bridgehead atoms. The van der Waals surface area contributed by atoms with Crippen molar-refractivity contribution in [3.05, 3.63) is 34.4 Å². The van der Waals surface area contributed by atoms with Crippen LogP contribution in [0.15, 0.2) is 12.1 Å². The van der Waals surface area contributed by atoms with Gasteiger partial charge >= 0.3 is 5.97 Å². The average Bonchev–Trinajstić information content (AvgIpc) is 2.75. The summed E-state index contributed by atoms with van der Waals surface area (Å²) in [6, 6.07) is 3.76. The molecular formula is C15H15NO4. The Morgan fingerprint density at radius 1 is 1.55 bits per heavy atom. The summed E-state index contributed by atoms with van der Waals surface area (Å²) in [6.07, 6.45) is 2.84. The van der Waals surface area contributed by atoms with E-state index in [0.29, 0.717) is 16.9 Å². The molecule has 1 aliphatic heterocycles. The van der Waals surface area contributed by atoms with Crippen molar-refractivity contribution in [2.24, 2.45) is 0 Å². The molecule has 5 heteroatoms. The molecule has 2 rings (SSSR count). The molecule has 0 aromatic heterocycles. The molecular weight excluding hydrogens is 258 g/mol. The van der Waals surface area contributed by atoms with Gasteiger partial charge < -0.3 is 14.2 Å². The van der Waals surface area contributed by atoms with Crippen LogP contribution in [0.4, 0.5) is 0 Å². The number of allylic oxidation sites excluding steroid dienone is 1. The van der Waals surface area contributed by atoms with Gasteiger partial charge in [-0.3, -0.25) is 0 Å². The fraction of sp³-hybridized carbons (Fsp3) is 0.333. The minimum absolute atomic E-state index is 0.0188. The molecule has 104 valence electrons. The van der Waals surface area contributed by atoms with Crippen molar-refractivity contribution < 1.29 is 19.0 Å². The van der Waals surface area contributed by atoms with Crippen molar-refractivity contribution >= 4 is 12.0 Å². The number of rotatable bonds is 4. The lowest BCUT2D eigenvalue weighted by Crippen LogP contribution is -2.07. The van der Waals surface area contributed by atoms with Gasteiger partial charge in [-0.05, 0) is 25.5 Å². The van der Waals surface area contributed by atoms with Crippen LogP contribution < -0.4 is 4.74 Å². The Labute approximate surface area is 117 Å². The van der Waals surface area contributed by atoms with Crippen LogP contribution in [0.5, 0.6) is 5.75 Å². The van der Waals surface area contributed by atoms with E-state index in [2.05, 4.69) is 0 Å². The SMILES string of the molecule is C/C=C/c1c(C)cc2c(c1OCOC)C(=O)OC2C#N. The topological polar surface area (TPSA) is 68.6 Å². The van der Waals surface area contributed by atoms with Crippen LogP contribution in [0.2, 0.25) is 0 Å². The third kappa shape index (κ3) is 2.26. The first-order chi connectivity index (χ1) is 9.63. The maximum Gasteiger partial charge on any atom is 0.344 e. The van der Waals surface area contributed by atoms with Gasteiger partial charge in [0.2, 0.25) is 6.10 Å². The highest BCUT2D eigenvalue weighted by atomic mass is 16.7. The van der Waals surface area contributed by atoms with Gasteiger partial charge in [0, 0.05) is 18.2 Å². The fourth-order valence-corrected chi connectivity index (χ4v) is 2.21. The number of carbonyl (C=O) groups is 1. The smallest absolute Gasteiger partial charge is 0.344 e. The Balaban J connectivity index is 2.67. The van der Waals surface area contributed by atoms with Crippen LogP contribution >= 0.6 is 0 Å². The summed E-state index contributed by atoms with van der Waals surface area (Å²) >= 11 is 0. The molecule has 0 saturated carbocycles. The van der Waals surface area contributed by atoms with E-state index in [0.717, 1.165) is 11.1 Å². The first-order valence-electron chi connectivity index (χ1n) is 6.16. The predicted molar refractivity (Wildman–Crippen MR) is 72.2 cm³/mol. The van der Waals surface area contributed by atoms with Crippen LogP contribution in [-0.4, -0.2) is 19.9 Å². The number of esters is 1. The molecule has 1 heterocycles. The van der Waals surface area contributed by atoms with Crippen molar-refractivity contribution in [3.8, 4) is 11.8 Å². The summed E-state index contributed by atoms with van der Waals surface area (Å²) in [5, 5.41) is 9.05. The van der Waals surface area contributed by atoms with Gasteiger partial charge in [0.05, 0.1) is 0 Å². The second-order valence-electron chi connectivity index (χ2n) is 4.37. The summed E-state index contributed by atoms with van der Waals surface area (Å²) < 4.78 is 15.5. The second kappa shape index (κ2) is 5.76. The van der Waals surface area contributed by atoms with Crippen LogP contribution in [-0.2, 0) is 9.47 Å². The van der Waals surface area contributed by atoms with E-state index in [4.69, 9.17) is 19.5 Å². The number of benzene rings is 1. The fourth-order valence-electron chi connectivity index (χ4n) is 2.21. The minimum atomic E-state index is -0.874. The van der Waals surface area contributed by atoms with Gasteiger partial charge in [0.1, 0.15) is 17.4 Å². The van der Waals surface area contributed by atoms with Gasteiger partial charge in [-0.1, -0.05) is 12.2 Å². The molecule has 0 spiro atoms. The van der Waals surface area contributed by atoms with E-state index in [1.165, 1.54) is 7.11 Å². The minimum Gasteiger partial charge on any atom is -0.466 e. The maximum absolute atomic E-state index is 12.0. The molecule has 0 aliphatic carbocycles. The largest absolute Gasteiger partial charge is 0.466 e. The molecule has 20 heavy (non-hydrogen) atoms. The highest BCUT2D eigenvalue weighted by molar-refractivity contribution is 5.99. The van der Waals surface area contributed by atoms with Gasteiger partial charge in [0.25, 0.3) is 0 Å². The van der Waals surface area contributed by atoms with Gasteiger partial charge in [-0.15, -0.1) is 0 Å². The van der Waals surface area contributed by atoms with Crippen molar-refractivity contribution in [2.75, 3.05) is 13.9 Å². The van der Waals surface area contributed by atoms with Crippen molar-refractivity contribution in [3.63, 3.8) is 0 Å². The molecule has 0 radical (unpaired) electrons. The highest BCUT2D eigenvalue weighted by Crippen LogP contribution is 2.40. The quantitative estimate of drug-likeness (QED) is 0.623. The summed E-state index contributed by atoms with van der Waals surface area (Å²) in [7, 11) is 1.50. The third-order valence-corrected chi connectivity index (χ3v) is 3.04. The Bertz CT molecular complexity index is 613. The first-order valence-corrected chi connectivity index (χ1v) is 6.16. The van der Waals surface area contributed by atoms with Gasteiger partial charge in [-0.25, -0.2) is 4.79 Å². The Morgan fingerprint density at radius 2 is 2.30 bits per heavy atom. The molecule has 0 saturated heterocycles. The molecule has 1 unspecified atom stereocenters. The molecule has 0 N–H and O–H groups in total. The first kappa shape index (κ1) is 14.1. The lowest BCUT2D eigenvalue weighted by atomic mass is 9.96. The van der Waals surface area contributed by atoms with E-state index in [1.54, 1.807) is 6.07 Å². The number of carbonyl (C=O) groups excluding carboxylic acids is 1. The maximum atomic E-state index is 12.0. The number of nitriles is 1. The number of ether oxygens (including phenoxy) is 3. The summed E-state index contributed by atoms with van der Waals surface area (Å²) in [4.78, 5) is 12.0. The van der Waals surface area contributed by atoms with E-state index >= 15 is 0 Å². The van der Waals surface area contributed by atoms with Crippen molar-refractivity contribution in [1.82, 2.24) is 0 Å². The predicted octanol–water partition coefficient (Wildman–Crippen LogP) is 2.75. The number of nitrogens with zero attached hydrogens (tertiary/aromatic N) is 1. The number of cyclic esters (lactones) is 1. The standard InChI is InChI=1S/C15H15NO4/c1-4-5-10-9(2)6-11-12(7-16)20-15(17)13(11)14(10)19-8-18-3/h4-6,12H,8H2,1-3H3/b5-4+. The molecule has 1 aromatic carbocycles. The van der Waals surface area contributed by atoms with Gasteiger partial charge in [-0.2, -0.15) is 5.26 Å². The van der Waals surface area contributed by atoms with Crippen LogP contribution in [0.25, 0.3) is 6.08 Å². The van der Waals surface area contributed by atoms with E-state index in [-0.39, 0.29) is 6.79 Å². The summed E-state index contributed by atoms with van der Waals surface area (Å²) in [5.41, 5.74) is 2.56. The lowest BCUT2D eigenvalue weighted by molar-refractivity contribution is 0.0432. The molecule has 0 amide bonds. The Morgan fingerprint density at radius 3 is 2.90 bits per heavy atom. The zero-order chi connectivity index (χ0) is 14.7. The zero-order valence-corrected chi connectivity index (χ0v) is 11.6. The van der Waals surface area contributed by atoms with Crippen LogP contribution in [0, 0.1) is 18.3 Å². The average molecular weight is 273 g/mol. The number of hydrogen-bond acceptors (Lipinski definition) is 5. The van der Waals surface area contributed by atoms with Crippen molar-refractivity contribution in [2.45, 2.75) is 20.0 Å². The number of methoxy groups -OCH3 is 1. The zero-order valence-electron chi connectivity index (χ0n) is 11.6. The monoisotopic (exact) mass is 273 g/mol. The van der Waals surface area contributed by atoms with Gasteiger partial charge in [0.15, 0.2) is 6.79 Å². The molecule has 0 fully saturated rings. The molecule has 1 aliphatic rings. The van der Waals surface area contributed by atoms with E-state index in [1.807, 2.05) is 32.1 Å². The number of aryl methyl sites for hydroxylation is 1. The summed E-state index contributed by atoms with van der Waals surface area (Å²) in [6.45, 7) is 3.79.